The van der Waals surface area contributed by atoms with Crippen molar-refractivity contribution in [3.8, 4) is 0 Å². The van der Waals surface area contributed by atoms with Crippen molar-refractivity contribution >= 4 is 22.4 Å². The largest absolute Gasteiger partial charge is 0.398 e. The average molecular weight is 331 g/mol. The molecule has 0 saturated heterocycles. The third kappa shape index (κ3) is 3.32. The van der Waals surface area contributed by atoms with Gasteiger partial charge < -0.3 is 10.6 Å². The molecule has 0 spiro atoms. The molecule has 4 rings (SSSR count). The number of pyridine rings is 1. The number of hydrogen-bond acceptors (Lipinski definition) is 3. The molecule has 0 atom stereocenters. The van der Waals surface area contributed by atoms with Gasteiger partial charge in [-0.2, -0.15) is 0 Å². The number of hydrogen-bond donors (Lipinski definition) is 1. The van der Waals surface area contributed by atoms with Crippen LogP contribution in [0.3, 0.4) is 0 Å². The molecule has 128 valence electrons. The first-order valence-corrected chi connectivity index (χ1v) is 9.29. The maximum atomic E-state index is 6.52. The van der Waals surface area contributed by atoms with Crippen LogP contribution in [0.25, 0.3) is 10.9 Å². The van der Waals surface area contributed by atoms with Crippen LogP contribution in [0.4, 0.5) is 11.5 Å². The number of nitrogen functional groups attached to an aromatic ring is 1. The van der Waals surface area contributed by atoms with E-state index in [0.29, 0.717) is 0 Å². The summed E-state index contributed by atoms with van der Waals surface area (Å²) in [4.78, 5) is 7.44. The molecule has 2 aromatic carbocycles. The zero-order valence-corrected chi connectivity index (χ0v) is 14.6. The Morgan fingerprint density at radius 1 is 0.960 bits per heavy atom. The minimum absolute atomic E-state index is 0.926. The number of nitrogens with two attached hydrogens (primary N) is 1. The highest BCUT2D eigenvalue weighted by Crippen LogP contribution is 2.34. The van der Waals surface area contributed by atoms with Crippen LogP contribution in [-0.2, 0) is 12.8 Å². The highest BCUT2D eigenvalue weighted by Gasteiger charge is 2.20. The molecule has 0 radical (unpaired) electrons. The Kier molecular flexibility index (Phi) is 4.55. The Hall–Kier alpha value is -2.55. The first kappa shape index (κ1) is 15.9. The zero-order chi connectivity index (χ0) is 17.1. The lowest BCUT2D eigenvalue weighted by atomic mass is 10.0. The predicted molar refractivity (Wildman–Crippen MR) is 106 cm³/mol. The van der Waals surface area contributed by atoms with Gasteiger partial charge in [-0.25, -0.2) is 4.98 Å². The summed E-state index contributed by atoms with van der Waals surface area (Å²) in [5.41, 5.74) is 11.1. The maximum absolute atomic E-state index is 6.52. The van der Waals surface area contributed by atoms with Crippen molar-refractivity contribution < 1.29 is 0 Å². The zero-order valence-electron chi connectivity index (χ0n) is 14.6. The predicted octanol–water partition coefficient (Wildman–Crippen LogP) is 4.59. The van der Waals surface area contributed by atoms with Crippen LogP contribution in [0.2, 0.25) is 0 Å². The normalized spacial score (nSPS) is 14.3. The second-order valence-electron chi connectivity index (χ2n) is 6.88. The first-order chi connectivity index (χ1) is 12.3. The van der Waals surface area contributed by atoms with E-state index < -0.39 is 0 Å². The summed E-state index contributed by atoms with van der Waals surface area (Å²) in [7, 11) is 0. The van der Waals surface area contributed by atoms with Gasteiger partial charge in [-0.1, -0.05) is 48.5 Å². The van der Waals surface area contributed by atoms with Gasteiger partial charge in [0, 0.05) is 29.7 Å². The molecule has 3 heteroatoms. The van der Waals surface area contributed by atoms with E-state index in [0.717, 1.165) is 54.8 Å². The Balaban J connectivity index is 1.60. The highest BCUT2D eigenvalue weighted by atomic mass is 15.2. The van der Waals surface area contributed by atoms with Gasteiger partial charge in [0.15, 0.2) is 0 Å². The molecule has 1 aliphatic rings. The molecule has 3 nitrogen and oxygen atoms in total. The van der Waals surface area contributed by atoms with Crippen LogP contribution in [0.15, 0.2) is 54.6 Å². The van der Waals surface area contributed by atoms with Gasteiger partial charge in [0.25, 0.3) is 0 Å². The molecule has 1 aliphatic heterocycles. The van der Waals surface area contributed by atoms with Crippen molar-refractivity contribution in [1.82, 2.24) is 4.98 Å². The second kappa shape index (κ2) is 7.14. The summed E-state index contributed by atoms with van der Waals surface area (Å²) in [6.07, 6.45) is 5.67. The van der Waals surface area contributed by atoms with Crippen LogP contribution in [0, 0.1) is 0 Å². The number of benzene rings is 2. The number of aromatic nitrogens is 1. The standard InChI is InChI=1S/C22H25N3/c23-21-18-12-4-5-14-20(18)24-22-19(21)13-6-7-15-25(22)16-8-11-17-9-2-1-3-10-17/h1-5,9-10,12,14H,6-8,11,13,15-16H2,(H2,23,24). The molecular formula is C22H25N3. The number of para-hydroxylation sites is 1. The molecule has 2 heterocycles. The summed E-state index contributed by atoms with van der Waals surface area (Å²) < 4.78 is 0. The summed E-state index contributed by atoms with van der Waals surface area (Å²) >= 11 is 0. The number of rotatable bonds is 4. The molecule has 2 N–H and O–H groups in total. The lowest BCUT2D eigenvalue weighted by molar-refractivity contribution is 0.684. The number of anilines is 2. The van der Waals surface area contributed by atoms with E-state index in [1.54, 1.807) is 0 Å². The molecule has 0 fully saturated rings. The minimum atomic E-state index is 0.926. The SMILES string of the molecule is Nc1c2c(nc3ccccc13)N(CCCc1ccccc1)CCCC2. The Morgan fingerprint density at radius 2 is 1.76 bits per heavy atom. The van der Waals surface area contributed by atoms with Crippen molar-refractivity contribution in [2.24, 2.45) is 0 Å². The van der Waals surface area contributed by atoms with Crippen molar-refractivity contribution in [3.05, 3.63) is 65.7 Å². The topological polar surface area (TPSA) is 42.1 Å². The second-order valence-corrected chi connectivity index (χ2v) is 6.88. The van der Waals surface area contributed by atoms with E-state index >= 15 is 0 Å². The molecule has 25 heavy (non-hydrogen) atoms. The van der Waals surface area contributed by atoms with Crippen LogP contribution in [0.5, 0.6) is 0 Å². The van der Waals surface area contributed by atoms with Crippen LogP contribution < -0.4 is 10.6 Å². The fourth-order valence-corrected chi connectivity index (χ4v) is 3.82. The van der Waals surface area contributed by atoms with Gasteiger partial charge in [-0.15, -0.1) is 0 Å². The van der Waals surface area contributed by atoms with Crippen LogP contribution in [0.1, 0.15) is 30.4 Å². The number of fused-ring (bicyclic) bond motifs is 2. The summed E-state index contributed by atoms with van der Waals surface area (Å²) in [5.74, 6) is 1.11. The van der Waals surface area contributed by atoms with E-state index in [9.17, 15) is 0 Å². The summed E-state index contributed by atoms with van der Waals surface area (Å²) in [6, 6.07) is 19.0. The molecule has 0 amide bonds. The van der Waals surface area contributed by atoms with E-state index in [1.807, 2.05) is 12.1 Å². The fraction of sp³-hybridized carbons (Fsp3) is 0.318. The van der Waals surface area contributed by atoms with E-state index in [2.05, 4.69) is 47.4 Å². The van der Waals surface area contributed by atoms with Crippen LogP contribution >= 0.6 is 0 Å². The molecule has 0 bridgehead atoms. The van der Waals surface area contributed by atoms with E-state index in [1.165, 1.54) is 24.0 Å². The van der Waals surface area contributed by atoms with E-state index in [-0.39, 0.29) is 0 Å². The Labute approximate surface area is 149 Å². The molecule has 1 aromatic heterocycles. The molecule has 3 aromatic rings. The molecule has 0 unspecified atom stereocenters. The minimum Gasteiger partial charge on any atom is -0.398 e. The van der Waals surface area contributed by atoms with E-state index in [4.69, 9.17) is 10.7 Å². The lowest BCUT2D eigenvalue weighted by Gasteiger charge is -2.25. The molecule has 0 saturated carbocycles. The van der Waals surface area contributed by atoms with Crippen molar-refractivity contribution in [2.75, 3.05) is 23.7 Å². The summed E-state index contributed by atoms with van der Waals surface area (Å²) in [6.45, 7) is 2.11. The van der Waals surface area contributed by atoms with Crippen molar-refractivity contribution in [2.45, 2.75) is 32.1 Å². The quantitative estimate of drug-likeness (QED) is 0.760. The van der Waals surface area contributed by atoms with Gasteiger partial charge in [0.05, 0.1) is 5.52 Å². The highest BCUT2D eigenvalue weighted by molar-refractivity contribution is 5.94. The average Bonchev–Trinajstić information content (AvgIpc) is 2.86. The maximum Gasteiger partial charge on any atom is 0.134 e. The molecule has 0 aliphatic carbocycles. The molecular weight excluding hydrogens is 306 g/mol. The van der Waals surface area contributed by atoms with Gasteiger partial charge in [-0.05, 0) is 43.7 Å². The third-order valence-corrected chi connectivity index (χ3v) is 5.16. The van der Waals surface area contributed by atoms with Gasteiger partial charge in [-0.3, -0.25) is 0 Å². The third-order valence-electron chi connectivity index (χ3n) is 5.16. The van der Waals surface area contributed by atoms with Gasteiger partial charge >= 0.3 is 0 Å². The fourth-order valence-electron chi connectivity index (χ4n) is 3.82. The number of aryl methyl sites for hydroxylation is 1. The first-order valence-electron chi connectivity index (χ1n) is 9.29. The Bertz CT molecular complexity index is 858. The summed E-state index contributed by atoms with van der Waals surface area (Å²) in [5, 5.41) is 1.09. The monoisotopic (exact) mass is 331 g/mol. The van der Waals surface area contributed by atoms with Crippen LogP contribution in [-0.4, -0.2) is 18.1 Å². The van der Waals surface area contributed by atoms with Gasteiger partial charge in [0.2, 0.25) is 0 Å². The van der Waals surface area contributed by atoms with Crippen molar-refractivity contribution in [3.63, 3.8) is 0 Å². The van der Waals surface area contributed by atoms with Crippen molar-refractivity contribution in [1.29, 1.82) is 0 Å². The lowest BCUT2D eigenvalue weighted by Crippen LogP contribution is -2.27. The van der Waals surface area contributed by atoms with Gasteiger partial charge in [0.1, 0.15) is 5.82 Å². The number of nitrogens with zero attached hydrogens (tertiary/aromatic N) is 2. The Morgan fingerprint density at radius 3 is 2.64 bits per heavy atom. The smallest absolute Gasteiger partial charge is 0.134 e.